The lowest BCUT2D eigenvalue weighted by Crippen LogP contribution is -2.31. The lowest BCUT2D eigenvalue weighted by atomic mass is 10.1. The van der Waals surface area contributed by atoms with E-state index in [0.29, 0.717) is 6.42 Å². The van der Waals surface area contributed by atoms with Gasteiger partial charge in [-0.15, -0.1) is 0 Å². The molecule has 4 rings (SSSR count). The molecular formula is C19H24N2O2. The molecule has 1 aliphatic heterocycles. The average Bonchev–Trinajstić information content (AvgIpc) is 3.18. The standard InChI is InChI=1S/C19H24N2O2/c1-20-11-15(17-4-2-3-5-18(17)20)10-19(22)21-9-8-16(12-21)23-13-14-6-7-14/h2-5,11,14,16H,6-10,12-13H2,1H3. The summed E-state index contributed by atoms with van der Waals surface area (Å²) < 4.78 is 8.03. The van der Waals surface area contributed by atoms with Crippen LogP contribution in [0.1, 0.15) is 24.8 Å². The Balaban J connectivity index is 1.39. The van der Waals surface area contributed by atoms with Crippen molar-refractivity contribution in [3.63, 3.8) is 0 Å². The Labute approximate surface area is 137 Å². The van der Waals surface area contributed by atoms with Gasteiger partial charge in [-0.1, -0.05) is 18.2 Å². The highest BCUT2D eigenvalue weighted by atomic mass is 16.5. The molecule has 2 heterocycles. The fourth-order valence-electron chi connectivity index (χ4n) is 3.49. The van der Waals surface area contributed by atoms with Crippen LogP contribution in [0.5, 0.6) is 0 Å². The molecule has 2 fully saturated rings. The van der Waals surface area contributed by atoms with Gasteiger partial charge in [-0.2, -0.15) is 0 Å². The summed E-state index contributed by atoms with van der Waals surface area (Å²) in [5.74, 6) is 1.01. The molecule has 1 aromatic carbocycles. The Morgan fingerprint density at radius 2 is 2.09 bits per heavy atom. The summed E-state index contributed by atoms with van der Waals surface area (Å²) in [6.07, 6.45) is 6.42. The van der Waals surface area contributed by atoms with Crippen LogP contribution in [-0.4, -0.2) is 41.2 Å². The maximum atomic E-state index is 12.6. The minimum atomic E-state index is 0.221. The van der Waals surface area contributed by atoms with E-state index in [2.05, 4.69) is 22.9 Å². The van der Waals surface area contributed by atoms with Crippen LogP contribution in [0.25, 0.3) is 10.9 Å². The van der Waals surface area contributed by atoms with Crippen molar-refractivity contribution < 1.29 is 9.53 Å². The molecule has 0 bridgehead atoms. The van der Waals surface area contributed by atoms with Crippen molar-refractivity contribution in [3.8, 4) is 0 Å². The summed E-state index contributed by atoms with van der Waals surface area (Å²) in [7, 11) is 2.04. The molecule has 23 heavy (non-hydrogen) atoms. The Morgan fingerprint density at radius 1 is 1.26 bits per heavy atom. The van der Waals surface area contributed by atoms with Crippen LogP contribution in [0, 0.1) is 5.92 Å². The molecule has 1 aromatic heterocycles. The van der Waals surface area contributed by atoms with Gasteiger partial charge in [0.05, 0.1) is 12.5 Å². The smallest absolute Gasteiger partial charge is 0.227 e. The van der Waals surface area contributed by atoms with Crippen LogP contribution < -0.4 is 0 Å². The molecule has 4 nitrogen and oxygen atoms in total. The van der Waals surface area contributed by atoms with Crippen LogP contribution in [0.2, 0.25) is 0 Å². The van der Waals surface area contributed by atoms with E-state index in [1.807, 2.05) is 24.1 Å². The minimum Gasteiger partial charge on any atom is -0.376 e. The number of aryl methyl sites for hydroxylation is 1. The van der Waals surface area contributed by atoms with Gasteiger partial charge in [-0.3, -0.25) is 4.79 Å². The van der Waals surface area contributed by atoms with Crippen LogP contribution in [0.4, 0.5) is 0 Å². The van der Waals surface area contributed by atoms with Crippen LogP contribution in [0.3, 0.4) is 0 Å². The Kier molecular flexibility index (Phi) is 3.85. The van der Waals surface area contributed by atoms with Crippen LogP contribution in [-0.2, 0) is 23.0 Å². The molecule has 1 unspecified atom stereocenters. The van der Waals surface area contributed by atoms with Crippen molar-refractivity contribution >= 4 is 16.8 Å². The first-order valence-corrected chi connectivity index (χ1v) is 8.63. The van der Waals surface area contributed by atoms with E-state index in [1.165, 1.54) is 23.7 Å². The van der Waals surface area contributed by atoms with Crippen molar-refractivity contribution in [2.45, 2.75) is 31.8 Å². The van der Waals surface area contributed by atoms with Gasteiger partial charge in [0.2, 0.25) is 5.91 Å². The third-order valence-corrected chi connectivity index (χ3v) is 5.08. The molecular weight excluding hydrogens is 288 g/mol. The fourth-order valence-corrected chi connectivity index (χ4v) is 3.49. The number of fused-ring (bicyclic) bond motifs is 1. The first kappa shape index (κ1) is 14.8. The molecule has 4 heteroatoms. The molecule has 1 atom stereocenters. The number of likely N-dealkylation sites (tertiary alicyclic amines) is 1. The summed E-state index contributed by atoms with van der Waals surface area (Å²) in [6.45, 7) is 2.48. The van der Waals surface area contributed by atoms with Crippen molar-refractivity contribution in [2.24, 2.45) is 13.0 Å². The van der Waals surface area contributed by atoms with Crippen molar-refractivity contribution in [1.82, 2.24) is 9.47 Å². The summed E-state index contributed by atoms with van der Waals surface area (Å²) >= 11 is 0. The second-order valence-corrected chi connectivity index (χ2v) is 6.99. The topological polar surface area (TPSA) is 34.5 Å². The van der Waals surface area contributed by atoms with Gasteiger partial charge >= 0.3 is 0 Å². The highest BCUT2D eigenvalue weighted by Crippen LogP contribution is 2.30. The van der Waals surface area contributed by atoms with Gasteiger partial charge in [0.1, 0.15) is 0 Å². The third kappa shape index (κ3) is 3.13. The zero-order chi connectivity index (χ0) is 15.8. The normalized spacial score (nSPS) is 21.3. The average molecular weight is 312 g/mol. The lowest BCUT2D eigenvalue weighted by molar-refractivity contribution is -0.129. The van der Waals surface area contributed by atoms with Gasteiger partial charge in [-0.05, 0) is 36.8 Å². The highest BCUT2D eigenvalue weighted by Gasteiger charge is 2.29. The lowest BCUT2D eigenvalue weighted by Gasteiger charge is -2.16. The van der Waals surface area contributed by atoms with Crippen molar-refractivity contribution in [1.29, 1.82) is 0 Å². The quantitative estimate of drug-likeness (QED) is 0.851. The molecule has 122 valence electrons. The molecule has 1 saturated carbocycles. The monoisotopic (exact) mass is 312 g/mol. The third-order valence-electron chi connectivity index (χ3n) is 5.08. The Morgan fingerprint density at radius 3 is 2.91 bits per heavy atom. The number of aromatic nitrogens is 1. The van der Waals surface area contributed by atoms with Crippen LogP contribution >= 0.6 is 0 Å². The maximum Gasteiger partial charge on any atom is 0.227 e. The summed E-state index contributed by atoms with van der Waals surface area (Å²) in [5.41, 5.74) is 2.30. The zero-order valence-electron chi connectivity index (χ0n) is 13.7. The number of para-hydroxylation sites is 1. The maximum absolute atomic E-state index is 12.6. The van der Waals surface area contributed by atoms with Gasteiger partial charge < -0.3 is 14.2 Å². The number of nitrogens with zero attached hydrogens (tertiary/aromatic N) is 2. The van der Waals surface area contributed by atoms with E-state index in [-0.39, 0.29) is 12.0 Å². The summed E-state index contributed by atoms with van der Waals surface area (Å²) in [5, 5.41) is 1.18. The molecule has 1 saturated heterocycles. The number of ether oxygens (including phenoxy) is 1. The Bertz CT molecular complexity index is 717. The van der Waals surface area contributed by atoms with E-state index in [0.717, 1.165) is 37.6 Å². The van der Waals surface area contributed by atoms with E-state index < -0.39 is 0 Å². The SMILES string of the molecule is Cn1cc(CC(=O)N2CCC(OCC3CC3)C2)c2ccccc21. The molecule has 0 N–H and O–H groups in total. The second kappa shape index (κ2) is 6.00. The first-order valence-electron chi connectivity index (χ1n) is 8.63. The predicted molar refractivity (Wildman–Crippen MR) is 90.3 cm³/mol. The fraction of sp³-hybridized carbons (Fsp3) is 0.526. The Hall–Kier alpha value is -1.81. The number of carbonyl (C=O) groups excluding carboxylic acids is 1. The van der Waals surface area contributed by atoms with Gasteiger partial charge in [0.25, 0.3) is 0 Å². The number of benzene rings is 1. The largest absolute Gasteiger partial charge is 0.376 e. The predicted octanol–water partition coefficient (Wildman–Crippen LogP) is 2.75. The minimum absolute atomic E-state index is 0.221. The van der Waals surface area contributed by atoms with Gasteiger partial charge in [0.15, 0.2) is 0 Å². The summed E-state index contributed by atoms with van der Waals surface area (Å²) in [4.78, 5) is 14.6. The van der Waals surface area contributed by atoms with E-state index in [9.17, 15) is 4.79 Å². The second-order valence-electron chi connectivity index (χ2n) is 6.99. The van der Waals surface area contributed by atoms with E-state index in [1.54, 1.807) is 0 Å². The summed E-state index contributed by atoms with van der Waals surface area (Å²) in [6, 6.07) is 8.27. The zero-order valence-corrected chi connectivity index (χ0v) is 13.7. The van der Waals surface area contributed by atoms with Gasteiger partial charge in [0, 0.05) is 43.8 Å². The van der Waals surface area contributed by atoms with E-state index in [4.69, 9.17) is 4.74 Å². The number of amides is 1. The number of hydrogen-bond acceptors (Lipinski definition) is 2. The number of rotatable bonds is 5. The number of carbonyl (C=O) groups is 1. The molecule has 0 radical (unpaired) electrons. The molecule has 2 aromatic rings. The number of hydrogen-bond donors (Lipinski definition) is 0. The molecule has 2 aliphatic rings. The van der Waals surface area contributed by atoms with Crippen molar-refractivity contribution in [3.05, 3.63) is 36.0 Å². The highest BCUT2D eigenvalue weighted by molar-refractivity contribution is 5.89. The van der Waals surface area contributed by atoms with Gasteiger partial charge in [-0.25, -0.2) is 0 Å². The van der Waals surface area contributed by atoms with Crippen LogP contribution in [0.15, 0.2) is 30.5 Å². The van der Waals surface area contributed by atoms with E-state index >= 15 is 0 Å². The first-order chi connectivity index (χ1) is 11.2. The molecule has 1 amide bonds. The molecule has 1 aliphatic carbocycles. The van der Waals surface area contributed by atoms with Crippen molar-refractivity contribution in [2.75, 3.05) is 19.7 Å². The molecule has 0 spiro atoms.